The number of fused-ring (bicyclic) bond motifs is 2. The minimum atomic E-state index is -0.698. The molecule has 0 radical (unpaired) electrons. The monoisotopic (exact) mass is 598 g/mol. The molecule has 5 aromatic rings. The first-order chi connectivity index (χ1) is 22.0. The van der Waals surface area contributed by atoms with Crippen molar-refractivity contribution in [3.63, 3.8) is 0 Å². The Balaban J connectivity index is 1.31. The Morgan fingerprint density at radius 2 is 1.60 bits per heavy atom. The lowest BCUT2D eigenvalue weighted by atomic mass is 9.90. The molecule has 7 heteroatoms. The molecule has 7 rings (SSSR count). The van der Waals surface area contributed by atoms with Crippen molar-refractivity contribution >= 4 is 34.1 Å². The quantitative estimate of drug-likeness (QED) is 0.197. The van der Waals surface area contributed by atoms with Crippen LogP contribution in [0.5, 0.6) is 0 Å². The molecule has 0 spiro atoms. The molecule has 0 saturated carbocycles. The molecular formula is C38H38N4O3. The van der Waals surface area contributed by atoms with Crippen LogP contribution in [0.15, 0.2) is 103 Å². The Morgan fingerprint density at radius 3 is 2.36 bits per heavy atom. The second kappa shape index (κ2) is 12.3. The van der Waals surface area contributed by atoms with E-state index in [0.29, 0.717) is 24.5 Å². The van der Waals surface area contributed by atoms with Gasteiger partial charge in [-0.15, -0.1) is 0 Å². The number of hydrogen-bond donors (Lipinski definition) is 2. The van der Waals surface area contributed by atoms with Gasteiger partial charge < -0.3 is 24.8 Å². The van der Waals surface area contributed by atoms with Crippen molar-refractivity contribution in [2.75, 3.05) is 36.5 Å². The number of amides is 2. The number of para-hydroxylation sites is 1. The van der Waals surface area contributed by atoms with Gasteiger partial charge in [-0.25, -0.2) is 0 Å². The van der Waals surface area contributed by atoms with Crippen molar-refractivity contribution in [3.8, 4) is 11.3 Å². The number of nitrogens with zero attached hydrogens (tertiary/aromatic N) is 2. The summed E-state index contributed by atoms with van der Waals surface area (Å²) >= 11 is 0. The van der Waals surface area contributed by atoms with E-state index in [9.17, 15) is 9.59 Å². The first-order valence-electron chi connectivity index (χ1n) is 15.9. The summed E-state index contributed by atoms with van der Waals surface area (Å²) in [5.74, 6) is -0.400. The van der Waals surface area contributed by atoms with Crippen LogP contribution in [0.25, 0.3) is 22.2 Å². The van der Waals surface area contributed by atoms with Crippen LogP contribution in [-0.4, -0.2) is 54.0 Å². The molecule has 45 heavy (non-hydrogen) atoms. The van der Waals surface area contributed by atoms with E-state index in [1.807, 2.05) is 83.8 Å². The number of aromatic amines is 1. The highest BCUT2D eigenvalue weighted by Crippen LogP contribution is 2.47. The Labute approximate surface area is 263 Å². The molecule has 7 nitrogen and oxygen atoms in total. The van der Waals surface area contributed by atoms with Crippen LogP contribution in [0, 0.1) is 5.92 Å². The van der Waals surface area contributed by atoms with Crippen LogP contribution in [0.2, 0.25) is 0 Å². The molecule has 1 aromatic heterocycles. The summed E-state index contributed by atoms with van der Waals surface area (Å²) in [5, 5.41) is 4.22. The van der Waals surface area contributed by atoms with Crippen molar-refractivity contribution in [1.82, 2.24) is 9.88 Å². The van der Waals surface area contributed by atoms with Gasteiger partial charge in [0.1, 0.15) is 6.04 Å². The van der Waals surface area contributed by atoms with Crippen LogP contribution in [0.1, 0.15) is 47.8 Å². The van der Waals surface area contributed by atoms with Crippen LogP contribution in [0.4, 0.5) is 11.4 Å². The Hall–Kier alpha value is -4.88. The number of benzene rings is 4. The van der Waals surface area contributed by atoms with Gasteiger partial charge in [-0.05, 0) is 53.4 Å². The number of morpholine rings is 1. The summed E-state index contributed by atoms with van der Waals surface area (Å²) in [4.78, 5) is 36.6. The molecule has 1 saturated heterocycles. The molecule has 0 aliphatic carbocycles. The zero-order valence-electron chi connectivity index (χ0n) is 25.7. The van der Waals surface area contributed by atoms with Crippen LogP contribution in [-0.2, 0) is 9.53 Å². The summed E-state index contributed by atoms with van der Waals surface area (Å²) < 4.78 is 5.50. The number of ether oxygens (including phenoxy) is 1. The third-order valence-electron chi connectivity index (χ3n) is 9.34. The van der Waals surface area contributed by atoms with Gasteiger partial charge >= 0.3 is 0 Å². The van der Waals surface area contributed by atoms with E-state index in [1.165, 1.54) is 0 Å². The number of hydrogen-bond acceptors (Lipinski definition) is 4. The molecule has 3 atom stereocenters. The smallest absolute Gasteiger partial charge is 0.255 e. The fraction of sp³-hybridized carbons (Fsp3) is 0.263. The first kappa shape index (κ1) is 28.9. The van der Waals surface area contributed by atoms with Gasteiger partial charge in [0.05, 0.1) is 24.9 Å². The lowest BCUT2D eigenvalue weighted by molar-refractivity contribution is -0.122. The fourth-order valence-corrected chi connectivity index (χ4v) is 6.87. The number of H-pyrrole nitrogens is 1. The second-order valence-electron chi connectivity index (χ2n) is 12.0. The average Bonchev–Trinajstić information content (AvgIpc) is 3.61. The summed E-state index contributed by atoms with van der Waals surface area (Å²) in [7, 11) is 0. The molecule has 228 valence electrons. The summed E-state index contributed by atoms with van der Waals surface area (Å²) in [6.45, 7) is 7.26. The third-order valence-corrected chi connectivity index (χ3v) is 9.34. The van der Waals surface area contributed by atoms with Gasteiger partial charge in [0.15, 0.2) is 0 Å². The van der Waals surface area contributed by atoms with Crippen molar-refractivity contribution in [2.45, 2.75) is 32.4 Å². The first-order valence-corrected chi connectivity index (χ1v) is 15.9. The highest BCUT2D eigenvalue weighted by molar-refractivity contribution is 6.06. The van der Waals surface area contributed by atoms with Crippen LogP contribution >= 0.6 is 0 Å². The summed E-state index contributed by atoms with van der Waals surface area (Å²) in [6.07, 6.45) is 0.736. The Morgan fingerprint density at radius 1 is 0.911 bits per heavy atom. The largest absolute Gasteiger partial charge is 0.378 e. The number of aromatic nitrogens is 1. The lowest BCUT2D eigenvalue weighted by Gasteiger charge is -2.36. The summed E-state index contributed by atoms with van der Waals surface area (Å²) in [6, 6.07) is 33.1. The molecule has 2 amide bonds. The van der Waals surface area contributed by atoms with Crippen molar-refractivity contribution in [3.05, 3.63) is 120 Å². The predicted octanol–water partition coefficient (Wildman–Crippen LogP) is 7.27. The molecule has 0 bridgehead atoms. The van der Waals surface area contributed by atoms with E-state index in [1.54, 1.807) is 0 Å². The van der Waals surface area contributed by atoms with E-state index >= 15 is 0 Å². The van der Waals surface area contributed by atoms with E-state index in [-0.39, 0.29) is 17.7 Å². The van der Waals surface area contributed by atoms with Crippen LogP contribution in [0.3, 0.4) is 0 Å². The maximum absolute atomic E-state index is 14.4. The van der Waals surface area contributed by atoms with E-state index < -0.39 is 12.1 Å². The van der Waals surface area contributed by atoms with Gasteiger partial charge in [0, 0.05) is 46.5 Å². The number of nitrogens with one attached hydrogen (secondary N) is 2. The van der Waals surface area contributed by atoms with Crippen molar-refractivity contribution in [2.24, 2.45) is 5.92 Å². The maximum atomic E-state index is 14.4. The Bertz CT molecular complexity index is 1830. The molecule has 4 aromatic carbocycles. The number of anilines is 2. The number of rotatable bonds is 8. The second-order valence-corrected chi connectivity index (χ2v) is 12.0. The van der Waals surface area contributed by atoms with Gasteiger partial charge in [0.2, 0.25) is 5.91 Å². The van der Waals surface area contributed by atoms with Crippen LogP contribution < -0.4 is 10.2 Å². The topological polar surface area (TPSA) is 77.7 Å². The van der Waals surface area contributed by atoms with Gasteiger partial charge in [-0.2, -0.15) is 0 Å². The highest BCUT2D eigenvalue weighted by Gasteiger charge is 2.47. The number of carbonyl (C=O) groups is 2. The Kier molecular flexibility index (Phi) is 7.86. The molecule has 3 heterocycles. The molecular weight excluding hydrogens is 560 g/mol. The van der Waals surface area contributed by atoms with Gasteiger partial charge in [-0.1, -0.05) is 87.0 Å². The zero-order valence-corrected chi connectivity index (χ0v) is 25.7. The average molecular weight is 599 g/mol. The van der Waals surface area contributed by atoms with E-state index in [4.69, 9.17) is 4.74 Å². The zero-order chi connectivity index (χ0) is 30.9. The lowest BCUT2D eigenvalue weighted by Crippen LogP contribution is -2.50. The van der Waals surface area contributed by atoms with E-state index in [2.05, 4.69) is 53.3 Å². The fourth-order valence-electron chi connectivity index (χ4n) is 6.87. The SMILES string of the molecule is CCC(C)C(C(=O)Nc1ccc(N2CCOCC2)cc1)N1C(=O)c2ccccc2C1c1c(-c2ccccc2)[nH]c2ccccc12. The predicted molar refractivity (Wildman–Crippen MR) is 180 cm³/mol. The molecule has 2 aliphatic rings. The standard InChI is InChI=1S/C38H38N4O3/c1-3-25(2)35(37(43)39-27-17-19-28(20-18-27)41-21-23-45-24-22-41)42-36(29-13-7-8-14-30(29)38(42)44)33-31-15-9-10-16-32(31)40-34(33)26-11-5-4-6-12-26/h4-20,25,35-36,40H,3,21-24H2,1-2H3,(H,39,43). The van der Waals surface area contributed by atoms with Crippen molar-refractivity contribution < 1.29 is 14.3 Å². The third kappa shape index (κ3) is 5.27. The van der Waals surface area contributed by atoms with Crippen molar-refractivity contribution in [1.29, 1.82) is 0 Å². The molecule has 3 unspecified atom stereocenters. The minimum Gasteiger partial charge on any atom is -0.378 e. The van der Waals surface area contributed by atoms with E-state index in [0.717, 1.165) is 58.5 Å². The maximum Gasteiger partial charge on any atom is 0.255 e. The summed E-state index contributed by atoms with van der Waals surface area (Å²) in [5.41, 5.74) is 7.36. The minimum absolute atomic E-state index is 0.0937. The van der Waals surface area contributed by atoms with Gasteiger partial charge in [-0.3, -0.25) is 9.59 Å². The number of carbonyl (C=O) groups excluding carboxylic acids is 2. The molecule has 1 fully saturated rings. The highest BCUT2D eigenvalue weighted by atomic mass is 16.5. The normalized spacial score (nSPS) is 17.7. The van der Waals surface area contributed by atoms with Gasteiger partial charge in [0.25, 0.3) is 5.91 Å². The molecule has 2 aliphatic heterocycles. The molecule has 2 N–H and O–H groups in total.